The Hall–Kier alpha value is -2.07. The van der Waals surface area contributed by atoms with Gasteiger partial charge in [-0.25, -0.2) is 4.79 Å². The first-order valence-electron chi connectivity index (χ1n) is 3.58. The van der Waals surface area contributed by atoms with Crippen LogP contribution in [0.15, 0.2) is 17.1 Å². The summed E-state index contributed by atoms with van der Waals surface area (Å²) in [7, 11) is 0. The van der Waals surface area contributed by atoms with Gasteiger partial charge in [-0.15, -0.1) is 0 Å². The van der Waals surface area contributed by atoms with Crippen LogP contribution in [0.2, 0.25) is 0 Å². The summed E-state index contributed by atoms with van der Waals surface area (Å²) < 4.78 is 13.1. The molecule has 0 fully saturated rings. The third-order valence-corrected chi connectivity index (χ3v) is 1.54. The molecule has 0 heterocycles. The zero-order valence-corrected chi connectivity index (χ0v) is 7.15. The van der Waals surface area contributed by atoms with Crippen molar-refractivity contribution in [2.45, 2.75) is 6.92 Å². The number of carbonyl (C=O) groups excluding carboxylic acids is 1. The van der Waals surface area contributed by atoms with Gasteiger partial charge in [-0.2, -0.15) is 9.38 Å². The summed E-state index contributed by atoms with van der Waals surface area (Å²) in [5.74, 6) is -1.01. The molecule has 0 aliphatic carbocycles. The Morgan fingerprint density at radius 1 is 1.57 bits per heavy atom. The quantitative estimate of drug-likeness (QED) is 0.314. The Kier molecular flexibility index (Phi) is 2.69. The fraction of sp³-hybridized carbons (Fsp3) is 0.125. The molecule has 0 unspecified atom stereocenters. The van der Waals surface area contributed by atoms with Crippen molar-refractivity contribution in [3.05, 3.63) is 33.6 Å². The van der Waals surface area contributed by atoms with Crippen LogP contribution in [0.1, 0.15) is 5.56 Å². The van der Waals surface area contributed by atoms with Crippen molar-refractivity contribution in [2.24, 2.45) is 4.99 Å². The second-order valence-electron chi connectivity index (χ2n) is 2.57. The van der Waals surface area contributed by atoms with Crippen molar-refractivity contribution >= 4 is 17.5 Å². The van der Waals surface area contributed by atoms with Gasteiger partial charge in [0.05, 0.1) is 4.92 Å². The summed E-state index contributed by atoms with van der Waals surface area (Å²) in [6, 6.07) is 2.24. The van der Waals surface area contributed by atoms with Crippen LogP contribution in [-0.2, 0) is 4.79 Å². The highest BCUT2D eigenvalue weighted by molar-refractivity contribution is 5.63. The molecule has 0 aliphatic heterocycles. The number of hydrogen-bond donors (Lipinski definition) is 0. The molecule has 6 heteroatoms. The van der Waals surface area contributed by atoms with E-state index in [0.29, 0.717) is 5.56 Å². The van der Waals surface area contributed by atoms with E-state index in [4.69, 9.17) is 0 Å². The summed E-state index contributed by atoms with van der Waals surface area (Å²) in [5, 5.41) is 10.4. The third kappa shape index (κ3) is 1.81. The van der Waals surface area contributed by atoms with Crippen molar-refractivity contribution in [1.82, 2.24) is 0 Å². The molecule has 0 amide bonds. The van der Waals surface area contributed by atoms with Gasteiger partial charge in [0, 0.05) is 0 Å². The van der Waals surface area contributed by atoms with E-state index in [9.17, 15) is 19.3 Å². The Labute approximate surface area is 78.0 Å². The van der Waals surface area contributed by atoms with Crippen molar-refractivity contribution in [2.75, 3.05) is 0 Å². The van der Waals surface area contributed by atoms with Crippen molar-refractivity contribution < 1.29 is 14.1 Å². The number of aliphatic imine (C=N–C) groups is 1. The zero-order chi connectivity index (χ0) is 10.7. The van der Waals surface area contributed by atoms with Gasteiger partial charge in [-0.1, -0.05) is 0 Å². The molecule has 0 radical (unpaired) electrons. The van der Waals surface area contributed by atoms with E-state index in [-0.39, 0.29) is 5.69 Å². The third-order valence-electron chi connectivity index (χ3n) is 1.54. The molecule has 0 spiro atoms. The number of rotatable bonds is 2. The van der Waals surface area contributed by atoms with Gasteiger partial charge < -0.3 is 0 Å². The lowest BCUT2D eigenvalue weighted by Crippen LogP contribution is -1.93. The largest absolute Gasteiger partial charge is 0.331 e. The lowest BCUT2D eigenvalue weighted by molar-refractivity contribution is -0.386. The lowest BCUT2D eigenvalue weighted by Gasteiger charge is -1.98. The Morgan fingerprint density at radius 2 is 2.21 bits per heavy atom. The monoisotopic (exact) mass is 196 g/mol. The number of aryl methyl sites for hydroxylation is 1. The molecule has 1 aromatic carbocycles. The summed E-state index contributed by atoms with van der Waals surface area (Å²) >= 11 is 0. The van der Waals surface area contributed by atoms with Crippen LogP contribution in [0.3, 0.4) is 0 Å². The number of nitrogens with zero attached hydrogens (tertiary/aromatic N) is 2. The van der Waals surface area contributed by atoms with Crippen LogP contribution in [0.25, 0.3) is 0 Å². The van der Waals surface area contributed by atoms with Gasteiger partial charge in [0.25, 0.3) is 0 Å². The molecule has 0 saturated carbocycles. The highest BCUT2D eigenvalue weighted by Crippen LogP contribution is 2.30. The van der Waals surface area contributed by atoms with Gasteiger partial charge in [0.1, 0.15) is 0 Å². The summed E-state index contributed by atoms with van der Waals surface area (Å²) in [6.45, 7) is 1.54. The molecule has 1 aromatic rings. The van der Waals surface area contributed by atoms with Crippen LogP contribution in [-0.4, -0.2) is 11.0 Å². The maximum atomic E-state index is 13.1. The van der Waals surface area contributed by atoms with E-state index in [2.05, 4.69) is 4.99 Å². The fourth-order valence-electron chi connectivity index (χ4n) is 1.03. The van der Waals surface area contributed by atoms with E-state index in [1.807, 2.05) is 0 Å². The van der Waals surface area contributed by atoms with E-state index < -0.39 is 16.4 Å². The predicted octanol–water partition coefficient (Wildman–Crippen LogP) is 2.01. The number of benzene rings is 1. The van der Waals surface area contributed by atoms with Gasteiger partial charge in [-0.05, 0) is 24.6 Å². The maximum Gasteiger partial charge on any atom is 0.331 e. The van der Waals surface area contributed by atoms with Crippen molar-refractivity contribution in [1.29, 1.82) is 0 Å². The summed E-state index contributed by atoms with van der Waals surface area (Å²) in [4.78, 5) is 22.5. The molecule has 72 valence electrons. The normalized spacial score (nSPS) is 9.29. The smallest absolute Gasteiger partial charge is 0.258 e. The molecule has 0 aromatic heterocycles. The number of halogens is 1. The SMILES string of the molecule is Cc1cc(F)c([N+](=O)[O-])c(N=C=O)c1. The molecular weight excluding hydrogens is 191 g/mol. The molecule has 14 heavy (non-hydrogen) atoms. The molecule has 0 atom stereocenters. The van der Waals surface area contributed by atoms with Crippen molar-refractivity contribution in [3.63, 3.8) is 0 Å². The topological polar surface area (TPSA) is 72.6 Å². The van der Waals surface area contributed by atoms with E-state index in [1.54, 1.807) is 0 Å². The summed E-state index contributed by atoms with van der Waals surface area (Å²) in [6.07, 6.45) is 1.14. The van der Waals surface area contributed by atoms with Gasteiger partial charge in [0.2, 0.25) is 11.9 Å². The lowest BCUT2D eigenvalue weighted by atomic mass is 10.2. The zero-order valence-electron chi connectivity index (χ0n) is 7.15. The second-order valence-corrected chi connectivity index (χ2v) is 2.57. The standard InChI is InChI=1S/C8H5FN2O3/c1-5-2-6(9)8(11(13)14)7(3-5)10-4-12/h2-3H,1H3. The average molecular weight is 196 g/mol. The highest BCUT2D eigenvalue weighted by Gasteiger charge is 2.20. The summed E-state index contributed by atoms with van der Waals surface area (Å²) in [5.41, 5.74) is -0.677. The van der Waals surface area contributed by atoms with Gasteiger partial charge in [-0.3, -0.25) is 10.1 Å². The van der Waals surface area contributed by atoms with E-state index >= 15 is 0 Å². The number of isocyanates is 1. The maximum absolute atomic E-state index is 13.1. The van der Waals surface area contributed by atoms with E-state index in [1.165, 1.54) is 13.0 Å². The Bertz CT molecular complexity index is 438. The van der Waals surface area contributed by atoms with Crippen LogP contribution >= 0.6 is 0 Å². The molecule has 5 nitrogen and oxygen atoms in total. The minimum absolute atomic E-state index is 0.317. The van der Waals surface area contributed by atoms with Gasteiger partial charge >= 0.3 is 5.69 Å². The molecule has 0 saturated heterocycles. The molecule has 0 N–H and O–H groups in total. The molecular formula is C8H5FN2O3. The minimum atomic E-state index is -1.01. The fourth-order valence-corrected chi connectivity index (χ4v) is 1.03. The molecule has 1 rings (SSSR count). The van der Waals surface area contributed by atoms with Gasteiger partial charge in [0.15, 0.2) is 5.69 Å². The Balaban J connectivity index is 3.51. The molecule has 0 aliphatic rings. The first kappa shape index (κ1) is 10.0. The first-order chi connectivity index (χ1) is 6.56. The predicted molar refractivity (Wildman–Crippen MR) is 45.6 cm³/mol. The number of nitro groups is 1. The Morgan fingerprint density at radius 3 is 2.71 bits per heavy atom. The van der Waals surface area contributed by atoms with Crippen LogP contribution < -0.4 is 0 Å². The number of hydrogen-bond acceptors (Lipinski definition) is 4. The van der Waals surface area contributed by atoms with E-state index in [0.717, 1.165) is 12.1 Å². The van der Waals surface area contributed by atoms with Crippen LogP contribution in [0.4, 0.5) is 15.8 Å². The number of nitro benzene ring substituents is 1. The van der Waals surface area contributed by atoms with Crippen LogP contribution in [0.5, 0.6) is 0 Å². The first-order valence-corrected chi connectivity index (χ1v) is 3.58. The van der Waals surface area contributed by atoms with Crippen molar-refractivity contribution in [3.8, 4) is 0 Å². The highest BCUT2D eigenvalue weighted by atomic mass is 19.1. The minimum Gasteiger partial charge on any atom is -0.258 e. The van der Waals surface area contributed by atoms with Crippen LogP contribution in [0, 0.1) is 22.9 Å². The molecule has 0 bridgehead atoms. The second kappa shape index (κ2) is 3.76. The average Bonchev–Trinajstić information content (AvgIpc) is 2.01.